The monoisotopic (exact) mass is 349 g/mol. The van der Waals surface area contributed by atoms with E-state index in [2.05, 4.69) is 14.9 Å². The number of fused-ring (bicyclic) bond motifs is 1. The molecule has 4 rings (SSSR count). The summed E-state index contributed by atoms with van der Waals surface area (Å²) in [6.45, 7) is 6.26. The minimum atomic E-state index is -0.00665. The van der Waals surface area contributed by atoms with Crippen LogP contribution in [0.2, 0.25) is 0 Å². The summed E-state index contributed by atoms with van der Waals surface area (Å²) < 4.78 is 6.00. The van der Waals surface area contributed by atoms with E-state index in [0.29, 0.717) is 13.1 Å². The molecule has 0 saturated heterocycles. The largest absolute Gasteiger partial charge is 0.460 e. The Hall–Kier alpha value is -2.66. The van der Waals surface area contributed by atoms with Gasteiger partial charge in [0, 0.05) is 31.0 Å². The molecule has 0 unspecified atom stereocenters. The Morgan fingerprint density at radius 2 is 2.00 bits per heavy atom. The van der Waals surface area contributed by atoms with Crippen LogP contribution in [0.5, 0.6) is 0 Å². The highest BCUT2D eigenvalue weighted by atomic mass is 16.3. The first-order valence-electron chi connectivity index (χ1n) is 9.08. The summed E-state index contributed by atoms with van der Waals surface area (Å²) in [5.74, 6) is 2.79. The molecule has 134 valence electrons. The minimum Gasteiger partial charge on any atom is -0.460 e. The van der Waals surface area contributed by atoms with E-state index in [4.69, 9.17) is 4.42 Å². The summed E-state index contributed by atoms with van der Waals surface area (Å²) in [4.78, 5) is 22.2. The van der Waals surface area contributed by atoms with Crippen molar-refractivity contribution in [3.63, 3.8) is 0 Å². The van der Waals surface area contributed by atoms with E-state index >= 15 is 0 Å². The number of aromatic nitrogens is 2. The van der Waals surface area contributed by atoms with Crippen molar-refractivity contribution in [1.29, 1.82) is 0 Å². The average molecular weight is 349 g/mol. The second-order valence-electron chi connectivity index (χ2n) is 7.12. The van der Waals surface area contributed by atoms with Crippen molar-refractivity contribution in [3.8, 4) is 11.3 Å². The Labute approximate surface area is 152 Å². The predicted molar refractivity (Wildman–Crippen MR) is 101 cm³/mol. The molecular weight excluding hydrogens is 326 g/mol. The van der Waals surface area contributed by atoms with Gasteiger partial charge in [0.1, 0.15) is 17.3 Å². The summed E-state index contributed by atoms with van der Waals surface area (Å²) in [6.07, 6.45) is 0.797. The molecular formula is C21H23N3O2. The molecule has 1 N–H and O–H groups in total. The van der Waals surface area contributed by atoms with Gasteiger partial charge in [-0.25, -0.2) is 4.98 Å². The number of furan rings is 1. The maximum absolute atomic E-state index is 12.4. The first-order valence-corrected chi connectivity index (χ1v) is 9.08. The number of hydrogen-bond acceptors (Lipinski definition) is 4. The summed E-state index contributed by atoms with van der Waals surface area (Å²) in [5, 5.41) is 0. The van der Waals surface area contributed by atoms with E-state index in [1.165, 1.54) is 0 Å². The molecule has 1 aliphatic rings. The van der Waals surface area contributed by atoms with Crippen molar-refractivity contribution in [2.75, 3.05) is 6.54 Å². The fraction of sp³-hybridized carbons (Fsp3) is 0.333. The van der Waals surface area contributed by atoms with Gasteiger partial charge in [0.2, 0.25) is 0 Å². The topological polar surface area (TPSA) is 62.1 Å². The van der Waals surface area contributed by atoms with Crippen LogP contribution in [0.1, 0.15) is 42.6 Å². The lowest BCUT2D eigenvalue weighted by molar-refractivity contribution is 0.223. The molecule has 0 amide bonds. The maximum Gasteiger partial charge on any atom is 0.255 e. The van der Waals surface area contributed by atoms with Crippen LogP contribution in [0.4, 0.5) is 0 Å². The number of benzene rings is 1. The van der Waals surface area contributed by atoms with Gasteiger partial charge < -0.3 is 9.40 Å². The third kappa shape index (κ3) is 3.35. The Kier molecular flexibility index (Phi) is 4.47. The molecule has 1 aromatic carbocycles. The molecule has 0 spiro atoms. The predicted octanol–water partition coefficient (Wildman–Crippen LogP) is 3.71. The van der Waals surface area contributed by atoms with Crippen molar-refractivity contribution in [2.24, 2.45) is 0 Å². The molecule has 26 heavy (non-hydrogen) atoms. The normalized spacial score (nSPS) is 14.6. The zero-order chi connectivity index (χ0) is 18.1. The van der Waals surface area contributed by atoms with Crippen molar-refractivity contribution >= 4 is 0 Å². The van der Waals surface area contributed by atoms with Crippen LogP contribution < -0.4 is 5.56 Å². The van der Waals surface area contributed by atoms with Crippen LogP contribution in [0, 0.1) is 0 Å². The van der Waals surface area contributed by atoms with Gasteiger partial charge in [0.25, 0.3) is 5.56 Å². The molecule has 0 atom stereocenters. The van der Waals surface area contributed by atoms with E-state index in [0.717, 1.165) is 47.1 Å². The molecule has 5 nitrogen and oxygen atoms in total. The zero-order valence-electron chi connectivity index (χ0n) is 15.2. The molecule has 0 saturated carbocycles. The Morgan fingerprint density at radius 1 is 1.19 bits per heavy atom. The highest BCUT2D eigenvalue weighted by Crippen LogP contribution is 2.24. The highest BCUT2D eigenvalue weighted by Gasteiger charge is 2.22. The van der Waals surface area contributed by atoms with Crippen LogP contribution in [-0.2, 0) is 19.5 Å². The van der Waals surface area contributed by atoms with Gasteiger partial charge in [-0.2, -0.15) is 0 Å². The number of nitrogens with zero attached hydrogens (tertiary/aromatic N) is 2. The Morgan fingerprint density at radius 3 is 2.77 bits per heavy atom. The first-order chi connectivity index (χ1) is 12.6. The molecule has 1 aliphatic heterocycles. The van der Waals surface area contributed by atoms with Gasteiger partial charge in [-0.05, 0) is 12.1 Å². The lowest BCUT2D eigenvalue weighted by Gasteiger charge is -2.27. The van der Waals surface area contributed by atoms with Gasteiger partial charge in [0.15, 0.2) is 0 Å². The molecule has 3 heterocycles. The van der Waals surface area contributed by atoms with E-state index in [1.807, 2.05) is 56.3 Å². The van der Waals surface area contributed by atoms with E-state index < -0.39 is 0 Å². The van der Waals surface area contributed by atoms with Gasteiger partial charge in [-0.15, -0.1) is 0 Å². The van der Waals surface area contributed by atoms with E-state index in [-0.39, 0.29) is 11.5 Å². The van der Waals surface area contributed by atoms with Crippen LogP contribution >= 0.6 is 0 Å². The summed E-state index contributed by atoms with van der Waals surface area (Å²) in [6, 6.07) is 14.1. The van der Waals surface area contributed by atoms with Crippen molar-refractivity contribution in [1.82, 2.24) is 14.9 Å². The highest BCUT2D eigenvalue weighted by molar-refractivity contribution is 5.57. The van der Waals surface area contributed by atoms with Gasteiger partial charge in [-0.1, -0.05) is 44.2 Å². The second kappa shape index (κ2) is 6.92. The van der Waals surface area contributed by atoms with Gasteiger partial charge in [-0.3, -0.25) is 9.69 Å². The number of rotatable bonds is 4. The Bertz CT molecular complexity index is 957. The quantitative estimate of drug-likeness (QED) is 0.780. The lowest BCUT2D eigenvalue weighted by atomic mass is 10.1. The molecule has 0 bridgehead atoms. The van der Waals surface area contributed by atoms with Crippen LogP contribution in [0.3, 0.4) is 0 Å². The second-order valence-corrected chi connectivity index (χ2v) is 7.12. The number of H-pyrrole nitrogens is 1. The summed E-state index contributed by atoms with van der Waals surface area (Å²) in [5.41, 5.74) is 2.80. The first kappa shape index (κ1) is 16.8. The number of nitrogens with one attached hydrogen (secondary N) is 1. The molecule has 2 aromatic heterocycles. The fourth-order valence-electron chi connectivity index (χ4n) is 3.35. The van der Waals surface area contributed by atoms with Gasteiger partial charge in [0.05, 0.1) is 17.8 Å². The maximum atomic E-state index is 12.4. The third-order valence-electron chi connectivity index (χ3n) is 4.81. The van der Waals surface area contributed by atoms with Crippen molar-refractivity contribution < 1.29 is 4.42 Å². The van der Waals surface area contributed by atoms with E-state index in [9.17, 15) is 4.79 Å². The SMILES string of the molecule is CC(C)c1nc2c(c(=O)[nH]1)CN(Cc1ccc(-c3ccccc3)o1)CC2. The standard InChI is InChI=1S/C21H23N3O2/c1-14(2)20-22-18-10-11-24(13-17(18)21(25)23-20)12-16-8-9-19(26-16)15-6-4-3-5-7-15/h3-9,14H,10-13H2,1-2H3,(H,22,23,25). The lowest BCUT2D eigenvalue weighted by Crippen LogP contribution is -2.35. The average Bonchev–Trinajstić information content (AvgIpc) is 3.11. The van der Waals surface area contributed by atoms with Crippen molar-refractivity contribution in [3.05, 3.63) is 75.7 Å². The molecule has 5 heteroatoms. The molecule has 0 fully saturated rings. The van der Waals surface area contributed by atoms with Crippen LogP contribution in [0.25, 0.3) is 11.3 Å². The summed E-state index contributed by atoms with van der Waals surface area (Å²) in [7, 11) is 0. The minimum absolute atomic E-state index is 0.00665. The zero-order valence-corrected chi connectivity index (χ0v) is 15.2. The fourth-order valence-corrected chi connectivity index (χ4v) is 3.35. The smallest absolute Gasteiger partial charge is 0.255 e. The number of hydrogen-bond donors (Lipinski definition) is 1. The molecule has 0 radical (unpaired) electrons. The molecule has 3 aromatic rings. The third-order valence-corrected chi connectivity index (χ3v) is 4.81. The van der Waals surface area contributed by atoms with Gasteiger partial charge >= 0.3 is 0 Å². The van der Waals surface area contributed by atoms with Crippen LogP contribution in [0.15, 0.2) is 51.7 Å². The number of aromatic amines is 1. The summed E-state index contributed by atoms with van der Waals surface area (Å²) >= 11 is 0. The van der Waals surface area contributed by atoms with Crippen LogP contribution in [-0.4, -0.2) is 21.4 Å². The molecule has 0 aliphatic carbocycles. The Balaban J connectivity index is 1.50. The van der Waals surface area contributed by atoms with Crippen molar-refractivity contribution in [2.45, 2.75) is 39.3 Å². The van der Waals surface area contributed by atoms with E-state index in [1.54, 1.807) is 0 Å².